The molecule has 0 saturated carbocycles. The van der Waals surface area contributed by atoms with Crippen molar-refractivity contribution >= 4 is 17.4 Å². The summed E-state index contributed by atoms with van der Waals surface area (Å²) in [6, 6.07) is 8.36. The minimum atomic E-state index is -0.332. The monoisotopic (exact) mass is 380 g/mol. The van der Waals surface area contributed by atoms with Crippen molar-refractivity contribution in [2.24, 2.45) is 0 Å². The van der Waals surface area contributed by atoms with Crippen molar-refractivity contribution in [3.8, 4) is 0 Å². The normalized spacial score (nSPS) is 13.5. The number of hydrogen-bond acceptors (Lipinski definition) is 5. The highest BCUT2D eigenvalue weighted by Gasteiger charge is 2.22. The fourth-order valence-corrected chi connectivity index (χ4v) is 3.53. The van der Waals surface area contributed by atoms with Crippen molar-refractivity contribution in [1.29, 1.82) is 0 Å². The summed E-state index contributed by atoms with van der Waals surface area (Å²) in [7, 11) is 0. The van der Waals surface area contributed by atoms with Crippen LogP contribution in [-0.2, 0) is 24.3 Å². The first-order valence-electron chi connectivity index (χ1n) is 9.70. The fraction of sp³-hybridized carbons (Fsp3) is 0.400. The van der Waals surface area contributed by atoms with Crippen LogP contribution in [0.25, 0.3) is 5.65 Å². The molecule has 1 aliphatic rings. The number of nitrogens with zero attached hydrogens (tertiary/aromatic N) is 5. The SMILES string of the molecule is CCCCNC(=O)Cn1nc2c(N3CCc4ccccc4C3)nccn2c1=O. The van der Waals surface area contributed by atoms with Crippen molar-refractivity contribution in [3.05, 3.63) is 58.3 Å². The molecule has 0 spiro atoms. The van der Waals surface area contributed by atoms with Gasteiger partial charge in [-0.25, -0.2) is 18.9 Å². The molecule has 1 N–H and O–H groups in total. The molecule has 0 atom stereocenters. The highest BCUT2D eigenvalue weighted by Crippen LogP contribution is 2.24. The minimum Gasteiger partial charge on any atom is -0.354 e. The summed E-state index contributed by atoms with van der Waals surface area (Å²) in [5.41, 5.74) is 2.75. The quantitative estimate of drug-likeness (QED) is 0.653. The minimum absolute atomic E-state index is 0.0908. The predicted octanol–water partition coefficient (Wildman–Crippen LogP) is 1.37. The van der Waals surface area contributed by atoms with Gasteiger partial charge in [0.05, 0.1) is 0 Å². The van der Waals surface area contributed by atoms with Crippen molar-refractivity contribution in [2.75, 3.05) is 18.0 Å². The van der Waals surface area contributed by atoms with E-state index in [0.717, 1.165) is 32.4 Å². The highest BCUT2D eigenvalue weighted by atomic mass is 16.2. The van der Waals surface area contributed by atoms with E-state index in [1.165, 1.54) is 20.2 Å². The Morgan fingerprint density at radius 1 is 1.25 bits per heavy atom. The van der Waals surface area contributed by atoms with Crippen LogP contribution in [0.5, 0.6) is 0 Å². The van der Waals surface area contributed by atoms with Gasteiger partial charge in [-0.3, -0.25) is 4.79 Å². The molecule has 2 aromatic heterocycles. The fourth-order valence-electron chi connectivity index (χ4n) is 3.53. The number of nitrogens with one attached hydrogen (secondary N) is 1. The number of hydrogen-bond donors (Lipinski definition) is 1. The Hall–Kier alpha value is -3.16. The van der Waals surface area contributed by atoms with Crippen LogP contribution >= 0.6 is 0 Å². The van der Waals surface area contributed by atoms with E-state index in [0.29, 0.717) is 18.0 Å². The molecule has 3 heterocycles. The van der Waals surface area contributed by atoms with Gasteiger partial charge in [0.25, 0.3) is 0 Å². The number of aromatic nitrogens is 4. The molecule has 0 saturated heterocycles. The number of amides is 1. The van der Waals surface area contributed by atoms with Gasteiger partial charge in [-0.2, -0.15) is 0 Å². The molecule has 8 heteroatoms. The van der Waals surface area contributed by atoms with Crippen LogP contribution in [0.15, 0.2) is 41.5 Å². The molecule has 1 amide bonds. The summed E-state index contributed by atoms with van der Waals surface area (Å²) in [4.78, 5) is 31.4. The van der Waals surface area contributed by atoms with Gasteiger partial charge in [-0.1, -0.05) is 37.6 Å². The Morgan fingerprint density at radius 2 is 2.07 bits per heavy atom. The zero-order chi connectivity index (χ0) is 19.5. The van der Waals surface area contributed by atoms with E-state index in [4.69, 9.17) is 0 Å². The lowest BCUT2D eigenvalue weighted by atomic mass is 10.00. The zero-order valence-electron chi connectivity index (χ0n) is 16.0. The molecule has 8 nitrogen and oxygen atoms in total. The van der Waals surface area contributed by atoms with Crippen LogP contribution in [0.2, 0.25) is 0 Å². The number of anilines is 1. The van der Waals surface area contributed by atoms with Crippen LogP contribution in [0.3, 0.4) is 0 Å². The van der Waals surface area contributed by atoms with Gasteiger partial charge in [-0.15, -0.1) is 5.10 Å². The van der Waals surface area contributed by atoms with Gasteiger partial charge in [0.1, 0.15) is 6.54 Å². The molecule has 146 valence electrons. The van der Waals surface area contributed by atoms with Gasteiger partial charge in [0.15, 0.2) is 5.82 Å². The maximum atomic E-state index is 12.7. The average Bonchev–Trinajstić information content (AvgIpc) is 3.03. The van der Waals surface area contributed by atoms with Crippen LogP contribution in [-0.4, -0.2) is 38.2 Å². The first kappa shape index (κ1) is 18.2. The number of carbonyl (C=O) groups is 1. The van der Waals surface area contributed by atoms with E-state index in [2.05, 4.69) is 45.4 Å². The summed E-state index contributed by atoms with van der Waals surface area (Å²) in [6.07, 6.45) is 6.04. The van der Waals surface area contributed by atoms with Crippen molar-refractivity contribution in [2.45, 2.75) is 39.3 Å². The molecule has 1 aliphatic heterocycles. The second kappa shape index (κ2) is 7.84. The van der Waals surface area contributed by atoms with Gasteiger partial charge >= 0.3 is 5.69 Å². The summed E-state index contributed by atoms with van der Waals surface area (Å²) >= 11 is 0. The topological polar surface area (TPSA) is 84.5 Å². The molecule has 0 aliphatic carbocycles. The molecule has 4 rings (SSSR count). The van der Waals surface area contributed by atoms with Crippen molar-refractivity contribution in [3.63, 3.8) is 0 Å². The van der Waals surface area contributed by atoms with Gasteiger partial charge < -0.3 is 10.2 Å². The third-order valence-corrected chi connectivity index (χ3v) is 5.06. The lowest BCUT2D eigenvalue weighted by Gasteiger charge is -2.29. The summed E-state index contributed by atoms with van der Waals surface area (Å²) in [5.74, 6) is 0.458. The smallest absolute Gasteiger partial charge is 0.350 e. The lowest BCUT2D eigenvalue weighted by Crippen LogP contribution is -2.33. The third kappa shape index (κ3) is 3.49. The van der Waals surface area contributed by atoms with E-state index in [-0.39, 0.29) is 18.1 Å². The van der Waals surface area contributed by atoms with Crippen molar-refractivity contribution < 1.29 is 4.79 Å². The molecule has 28 heavy (non-hydrogen) atoms. The number of unbranched alkanes of at least 4 members (excludes halogenated alkanes) is 1. The van der Waals surface area contributed by atoms with Gasteiger partial charge in [-0.05, 0) is 24.0 Å². The Labute approximate surface area is 162 Å². The molecule has 0 bridgehead atoms. The maximum Gasteiger partial charge on any atom is 0.350 e. The van der Waals surface area contributed by atoms with Crippen LogP contribution in [0, 0.1) is 0 Å². The van der Waals surface area contributed by atoms with Crippen LogP contribution in [0.4, 0.5) is 5.82 Å². The van der Waals surface area contributed by atoms with Gasteiger partial charge in [0, 0.05) is 32.0 Å². The molecular weight excluding hydrogens is 356 g/mol. The molecule has 0 radical (unpaired) electrons. The molecule has 0 unspecified atom stereocenters. The summed E-state index contributed by atoms with van der Waals surface area (Å²) in [6.45, 7) is 4.11. The van der Waals surface area contributed by atoms with E-state index < -0.39 is 0 Å². The van der Waals surface area contributed by atoms with Crippen LogP contribution in [0.1, 0.15) is 30.9 Å². The van der Waals surface area contributed by atoms with E-state index in [1.54, 1.807) is 12.4 Å². The molecule has 0 fully saturated rings. The molecular formula is C20H24N6O2. The molecule has 3 aromatic rings. The van der Waals surface area contributed by atoms with E-state index in [1.807, 2.05) is 6.07 Å². The third-order valence-electron chi connectivity index (χ3n) is 5.06. The second-order valence-corrected chi connectivity index (χ2v) is 7.03. The second-order valence-electron chi connectivity index (χ2n) is 7.03. The predicted molar refractivity (Wildman–Crippen MR) is 106 cm³/mol. The van der Waals surface area contributed by atoms with Gasteiger partial charge in [0.2, 0.25) is 11.6 Å². The van der Waals surface area contributed by atoms with Crippen molar-refractivity contribution in [1.82, 2.24) is 24.5 Å². The zero-order valence-corrected chi connectivity index (χ0v) is 16.0. The Balaban J connectivity index is 1.61. The van der Waals surface area contributed by atoms with E-state index >= 15 is 0 Å². The standard InChI is InChI=1S/C20H24N6O2/c1-2-3-9-21-17(27)14-26-20(28)25-12-10-22-18(19(25)23-26)24-11-8-15-6-4-5-7-16(15)13-24/h4-7,10,12H,2-3,8-9,11,13-14H2,1H3,(H,21,27). The summed E-state index contributed by atoms with van der Waals surface area (Å²) < 4.78 is 2.67. The average molecular weight is 380 g/mol. The highest BCUT2D eigenvalue weighted by molar-refractivity contribution is 5.75. The Morgan fingerprint density at radius 3 is 2.89 bits per heavy atom. The number of rotatable bonds is 6. The maximum absolute atomic E-state index is 12.7. The molecule has 1 aromatic carbocycles. The Bertz CT molecular complexity index is 1050. The largest absolute Gasteiger partial charge is 0.354 e. The number of benzene rings is 1. The first-order chi connectivity index (χ1) is 13.7. The first-order valence-corrected chi connectivity index (χ1v) is 9.70. The lowest BCUT2D eigenvalue weighted by molar-refractivity contribution is -0.121. The number of carbonyl (C=O) groups excluding carboxylic acids is 1. The Kier molecular flexibility index (Phi) is 5.10. The number of fused-ring (bicyclic) bond motifs is 2. The van der Waals surface area contributed by atoms with E-state index in [9.17, 15) is 9.59 Å². The van der Waals surface area contributed by atoms with Crippen LogP contribution < -0.4 is 15.9 Å². The summed E-state index contributed by atoms with van der Waals surface area (Å²) in [5, 5.41) is 7.23.